The van der Waals surface area contributed by atoms with Crippen molar-refractivity contribution >= 4 is 28.2 Å². The van der Waals surface area contributed by atoms with Crippen LogP contribution in [0.4, 0.5) is 5.69 Å². The summed E-state index contributed by atoms with van der Waals surface area (Å²) < 4.78 is 0. The normalized spacial score (nSPS) is 10.5. The van der Waals surface area contributed by atoms with Crippen molar-refractivity contribution < 1.29 is 4.92 Å². The van der Waals surface area contributed by atoms with Gasteiger partial charge in [0.05, 0.1) is 21.5 Å². The number of nitro benzene ring substituents is 1. The summed E-state index contributed by atoms with van der Waals surface area (Å²) in [6, 6.07) is 2.54. The predicted molar refractivity (Wildman–Crippen MR) is 54.0 cm³/mol. The zero-order valence-corrected chi connectivity index (χ0v) is 7.99. The zero-order chi connectivity index (χ0) is 11.0. The van der Waals surface area contributed by atoms with Crippen molar-refractivity contribution in [1.82, 2.24) is 10.2 Å². The number of aromatic amines is 1. The molecule has 0 aliphatic carbocycles. The van der Waals surface area contributed by atoms with Crippen LogP contribution < -0.4 is 5.43 Å². The Hall–Kier alpha value is -1.95. The first-order valence-corrected chi connectivity index (χ1v) is 4.29. The average molecular weight is 226 g/mol. The van der Waals surface area contributed by atoms with Crippen LogP contribution in [0.3, 0.4) is 0 Å². The van der Waals surface area contributed by atoms with E-state index in [1.54, 1.807) is 0 Å². The Kier molecular flexibility index (Phi) is 2.12. The summed E-state index contributed by atoms with van der Waals surface area (Å²) in [6.45, 7) is 0. The summed E-state index contributed by atoms with van der Waals surface area (Å²) >= 11 is 5.77. The van der Waals surface area contributed by atoms with Gasteiger partial charge in [0.15, 0.2) is 0 Å². The van der Waals surface area contributed by atoms with Crippen LogP contribution in [-0.4, -0.2) is 15.1 Å². The molecule has 0 aliphatic rings. The topological polar surface area (TPSA) is 88.9 Å². The van der Waals surface area contributed by atoms with E-state index >= 15 is 0 Å². The first kappa shape index (κ1) is 9.60. The number of hydrogen-bond donors (Lipinski definition) is 1. The molecule has 0 amide bonds. The number of nitrogens with one attached hydrogen (secondary N) is 1. The van der Waals surface area contributed by atoms with Gasteiger partial charge < -0.3 is 0 Å². The molecule has 0 bridgehead atoms. The van der Waals surface area contributed by atoms with Crippen LogP contribution in [0.2, 0.25) is 5.02 Å². The minimum atomic E-state index is -0.601. The van der Waals surface area contributed by atoms with E-state index in [1.165, 1.54) is 12.1 Å². The molecule has 0 saturated heterocycles. The van der Waals surface area contributed by atoms with E-state index in [0.29, 0.717) is 0 Å². The lowest BCUT2D eigenvalue weighted by Gasteiger charge is -1.99. The van der Waals surface area contributed by atoms with Crippen molar-refractivity contribution in [2.24, 2.45) is 0 Å². The lowest BCUT2D eigenvalue weighted by molar-refractivity contribution is -0.383. The van der Waals surface area contributed by atoms with Crippen molar-refractivity contribution in [3.05, 3.63) is 43.7 Å². The molecule has 2 rings (SSSR count). The molecule has 6 nitrogen and oxygen atoms in total. The van der Waals surface area contributed by atoms with Gasteiger partial charge in [-0.1, -0.05) is 11.6 Å². The Morgan fingerprint density at radius 3 is 2.87 bits per heavy atom. The van der Waals surface area contributed by atoms with Crippen molar-refractivity contribution in [2.75, 3.05) is 0 Å². The number of aromatic nitrogens is 2. The predicted octanol–water partition coefficient (Wildman–Crippen LogP) is 1.48. The number of benzene rings is 1. The second kappa shape index (κ2) is 3.32. The van der Waals surface area contributed by atoms with Gasteiger partial charge in [-0.15, -0.1) is 0 Å². The van der Waals surface area contributed by atoms with Gasteiger partial charge in [-0.2, -0.15) is 5.10 Å². The molecule has 1 N–H and O–H groups in total. The lowest BCUT2D eigenvalue weighted by atomic mass is 10.2. The number of halogens is 1. The van der Waals surface area contributed by atoms with Crippen LogP contribution in [0, 0.1) is 10.1 Å². The molecule has 2 aromatic rings. The smallest absolute Gasteiger partial charge is 0.287 e. The maximum Gasteiger partial charge on any atom is 0.295 e. The summed E-state index contributed by atoms with van der Waals surface area (Å²) in [4.78, 5) is 21.4. The Labute approximate surface area is 87.6 Å². The molecule has 0 aliphatic heterocycles. The van der Waals surface area contributed by atoms with E-state index in [1.807, 2.05) is 0 Å². The Morgan fingerprint density at radius 1 is 1.47 bits per heavy atom. The third kappa shape index (κ3) is 1.44. The fraction of sp³-hybridized carbons (Fsp3) is 0. The molecule has 0 fully saturated rings. The van der Waals surface area contributed by atoms with E-state index in [2.05, 4.69) is 10.2 Å². The molecule has 0 unspecified atom stereocenters. The second-order valence-electron chi connectivity index (χ2n) is 2.81. The summed E-state index contributed by atoms with van der Waals surface area (Å²) in [7, 11) is 0. The number of hydrogen-bond acceptors (Lipinski definition) is 4. The molecule has 0 saturated carbocycles. The third-order valence-corrected chi connectivity index (χ3v) is 2.25. The van der Waals surface area contributed by atoms with Crippen molar-refractivity contribution in [3.63, 3.8) is 0 Å². The minimum absolute atomic E-state index is 0.0417. The number of H-pyrrole nitrogens is 1. The quantitative estimate of drug-likeness (QED) is 0.588. The fourth-order valence-electron chi connectivity index (χ4n) is 1.29. The van der Waals surface area contributed by atoms with Gasteiger partial charge in [0, 0.05) is 6.07 Å². The van der Waals surface area contributed by atoms with Crippen LogP contribution in [-0.2, 0) is 0 Å². The van der Waals surface area contributed by atoms with E-state index in [9.17, 15) is 14.9 Å². The van der Waals surface area contributed by atoms with Gasteiger partial charge in [-0.05, 0) is 6.07 Å². The van der Waals surface area contributed by atoms with Crippen LogP contribution in [0.25, 0.3) is 10.9 Å². The molecule has 1 heterocycles. The Balaban J connectivity index is 3.01. The van der Waals surface area contributed by atoms with Gasteiger partial charge in [0.1, 0.15) is 5.52 Å². The molecule has 15 heavy (non-hydrogen) atoms. The summed E-state index contributed by atoms with van der Waals surface area (Å²) in [5.74, 6) is 0. The van der Waals surface area contributed by atoms with Crippen molar-refractivity contribution in [2.45, 2.75) is 0 Å². The van der Waals surface area contributed by atoms with Crippen LogP contribution >= 0.6 is 11.6 Å². The second-order valence-corrected chi connectivity index (χ2v) is 3.22. The molecule has 0 atom stereocenters. The maximum absolute atomic E-state index is 11.4. The van der Waals surface area contributed by atoms with Gasteiger partial charge in [0.2, 0.25) is 5.43 Å². The van der Waals surface area contributed by atoms with E-state index in [4.69, 9.17) is 11.6 Å². The van der Waals surface area contributed by atoms with Crippen molar-refractivity contribution in [1.29, 1.82) is 0 Å². The highest BCUT2D eigenvalue weighted by Crippen LogP contribution is 2.26. The van der Waals surface area contributed by atoms with E-state index < -0.39 is 10.4 Å². The molecule has 1 aromatic carbocycles. The average Bonchev–Trinajstić information content (AvgIpc) is 2.17. The molecular formula is C8H4ClN3O3. The lowest BCUT2D eigenvalue weighted by Crippen LogP contribution is -2.05. The first-order chi connectivity index (χ1) is 7.11. The minimum Gasteiger partial charge on any atom is -0.287 e. The highest BCUT2D eigenvalue weighted by atomic mass is 35.5. The first-order valence-electron chi connectivity index (χ1n) is 3.91. The molecule has 0 radical (unpaired) electrons. The van der Waals surface area contributed by atoms with Gasteiger partial charge >= 0.3 is 0 Å². The van der Waals surface area contributed by atoms with E-state index in [-0.39, 0.29) is 21.6 Å². The molecule has 1 aromatic heterocycles. The summed E-state index contributed by atoms with van der Waals surface area (Å²) in [6.07, 6.45) is 1.03. The molecule has 7 heteroatoms. The monoisotopic (exact) mass is 225 g/mol. The third-order valence-electron chi connectivity index (χ3n) is 1.93. The maximum atomic E-state index is 11.4. The largest absolute Gasteiger partial charge is 0.295 e. The number of fused-ring (bicyclic) bond motifs is 1. The fourth-order valence-corrected chi connectivity index (χ4v) is 1.54. The van der Waals surface area contributed by atoms with Gasteiger partial charge in [0.25, 0.3) is 5.69 Å². The molecule has 0 spiro atoms. The van der Waals surface area contributed by atoms with Crippen LogP contribution in [0.15, 0.2) is 23.1 Å². The zero-order valence-electron chi connectivity index (χ0n) is 7.23. The van der Waals surface area contributed by atoms with E-state index in [0.717, 1.165) is 6.20 Å². The molecule has 76 valence electrons. The van der Waals surface area contributed by atoms with Crippen molar-refractivity contribution in [3.8, 4) is 0 Å². The van der Waals surface area contributed by atoms with Crippen LogP contribution in [0.1, 0.15) is 0 Å². The number of nitro groups is 1. The Bertz CT molecular complexity index is 608. The summed E-state index contributed by atoms with van der Waals surface area (Å²) in [5.41, 5.74) is -0.628. The number of rotatable bonds is 1. The summed E-state index contributed by atoms with van der Waals surface area (Å²) in [5, 5.41) is 16.8. The highest BCUT2D eigenvalue weighted by Gasteiger charge is 2.16. The van der Waals surface area contributed by atoms with Crippen LogP contribution in [0.5, 0.6) is 0 Å². The highest BCUT2D eigenvalue weighted by molar-refractivity contribution is 6.35. The Morgan fingerprint density at radius 2 is 2.20 bits per heavy atom. The number of non-ortho nitro benzene ring substituents is 1. The SMILES string of the molecule is O=c1cn[nH]c2c([N+](=O)[O-])ccc(Cl)c12. The molecular weight excluding hydrogens is 222 g/mol. The number of nitrogens with zero attached hydrogens (tertiary/aromatic N) is 2. The standard InChI is InChI=1S/C8H4ClN3O3/c9-4-1-2-5(12(14)15)8-7(4)6(13)3-10-11-8/h1-3H,(H,11,13). The van der Waals surface area contributed by atoms with Gasteiger partial charge in [-0.25, -0.2) is 0 Å². The van der Waals surface area contributed by atoms with Gasteiger partial charge in [-0.3, -0.25) is 20.0 Å².